The first-order valence-corrected chi connectivity index (χ1v) is 13.0. The normalized spacial score (nSPS) is 12.5. The van der Waals surface area contributed by atoms with Crippen molar-refractivity contribution in [2.75, 3.05) is 26.6 Å². The number of aromatic nitrogens is 4. The zero-order chi connectivity index (χ0) is 27.2. The molecule has 2 heterocycles. The fourth-order valence-electron chi connectivity index (χ4n) is 4.79. The Morgan fingerprint density at radius 3 is 2.08 bits per heavy atom. The van der Waals surface area contributed by atoms with Gasteiger partial charge in [-0.2, -0.15) is 9.97 Å². The number of halogens is 1. The van der Waals surface area contributed by atoms with Crippen molar-refractivity contribution in [3.8, 4) is 5.75 Å². The monoisotopic (exact) mass is 543 g/mol. The van der Waals surface area contributed by atoms with Crippen molar-refractivity contribution in [1.82, 2.24) is 19.5 Å². The molecule has 0 aliphatic carbocycles. The molecule has 5 rings (SSSR count). The highest BCUT2D eigenvalue weighted by Gasteiger charge is 2.38. The Balaban J connectivity index is 1.46. The summed E-state index contributed by atoms with van der Waals surface area (Å²) in [6, 6.07) is 28.5. The van der Waals surface area contributed by atoms with Gasteiger partial charge in [0, 0.05) is 13.7 Å². The number of methoxy groups -OCH3 is 2. The smallest absolute Gasteiger partial charge is 0.226 e. The van der Waals surface area contributed by atoms with Gasteiger partial charge >= 0.3 is 0 Å². The van der Waals surface area contributed by atoms with E-state index in [9.17, 15) is 0 Å². The number of anilines is 1. The summed E-state index contributed by atoms with van der Waals surface area (Å²) in [6.45, 7) is 0.911. The molecule has 0 bridgehead atoms. The first kappa shape index (κ1) is 26.6. The average Bonchev–Trinajstić information content (AvgIpc) is 3.39. The molecule has 0 aliphatic rings. The molecule has 0 spiro atoms. The van der Waals surface area contributed by atoms with E-state index in [1.165, 1.54) is 0 Å². The third-order valence-electron chi connectivity index (χ3n) is 6.83. The summed E-state index contributed by atoms with van der Waals surface area (Å²) in [7, 11) is 3.35. The van der Waals surface area contributed by atoms with Crippen LogP contribution in [0, 0.1) is 0 Å². The van der Waals surface area contributed by atoms with Crippen LogP contribution in [0.1, 0.15) is 23.1 Å². The number of nitrogen functional groups attached to an aromatic ring is 1. The van der Waals surface area contributed by atoms with Crippen LogP contribution in [0.3, 0.4) is 0 Å². The maximum Gasteiger partial charge on any atom is 0.226 e. The fraction of sp³-hybridized carbons (Fsp3) is 0.233. The molecule has 200 valence electrons. The van der Waals surface area contributed by atoms with Crippen LogP contribution in [0.4, 0.5) is 5.82 Å². The van der Waals surface area contributed by atoms with Crippen LogP contribution in [-0.2, 0) is 21.6 Å². The highest BCUT2D eigenvalue weighted by Crippen LogP contribution is 2.41. The largest absolute Gasteiger partial charge is 0.497 e. The number of fused-ring (bicyclic) bond motifs is 1. The van der Waals surface area contributed by atoms with Gasteiger partial charge in [-0.3, -0.25) is 0 Å². The van der Waals surface area contributed by atoms with Crippen LogP contribution in [-0.4, -0.2) is 46.4 Å². The van der Waals surface area contributed by atoms with E-state index in [0.717, 1.165) is 22.4 Å². The summed E-state index contributed by atoms with van der Waals surface area (Å²) in [5, 5.41) is 0.0865. The topological polar surface area (TPSA) is 97.3 Å². The Morgan fingerprint density at radius 1 is 0.872 bits per heavy atom. The van der Waals surface area contributed by atoms with E-state index in [2.05, 4.69) is 39.2 Å². The van der Waals surface area contributed by atoms with E-state index < -0.39 is 5.60 Å². The van der Waals surface area contributed by atoms with E-state index in [1.54, 1.807) is 20.5 Å². The second-order valence-electron chi connectivity index (χ2n) is 9.09. The van der Waals surface area contributed by atoms with E-state index in [4.69, 9.17) is 31.5 Å². The van der Waals surface area contributed by atoms with Crippen LogP contribution in [0.5, 0.6) is 5.75 Å². The molecule has 9 heteroatoms. The Kier molecular flexibility index (Phi) is 8.07. The predicted octanol–water partition coefficient (Wildman–Crippen LogP) is 5.48. The van der Waals surface area contributed by atoms with Gasteiger partial charge < -0.3 is 24.5 Å². The van der Waals surface area contributed by atoms with Gasteiger partial charge in [0.25, 0.3) is 0 Å². The summed E-state index contributed by atoms with van der Waals surface area (Å²) < 4.78 is 20.2. The summed E-state index contributed by atoms with van der Waals surface area (Å²) >= 11 is 6.04. The van der Waals surface area contributed by atoms with Gasteiger partial charge in [0.05, 0.1) is 26.1 Å². The van der Waals surface area contributed by atoms with E-state index in [-0.39, 0.29) is 17.2 Å². The van der Waals surface area contributed by atoms with E-state index in [0.29, 0.717) is 30.7 Å². The standard InChI is InChI=1S/C30H30ClN5O3/c1-37-24-15-13-23(14-16-24)30(21-9-5-3-6-10-21,22-11-7-4-8-12-22)39-19-25(38-2)17-18-36-20-33-26-27(32)34-29(31)35-28(26)36/h3-16,20,25H,17-19H2,1-2H3,(H2,32,34,35). The summed E-state index contributed by atoms with van der Waals surface area (Å²) in [5.74, 6) is 1.03. The van der Waals surface area contributed by atoms with Gasteiger partial charge in [0.15, 0.2) is 11.5 Å². The van der Waals surface area contributed by atoms with Gasteiger partial charge in [0.2, 0.25) is 5.28 Å². The number of ether oxygens (including phenoxy) is 3. The van der Waals surface area contributed by atoms with Crippen molar-refractivity contribution >= 4 is 28.6 Å². The summed E-state index contributed by atoms with van der Waals surface area (Å²) in [6.07, 6.45) is 2.11. The number of rotatable bonds is 11. The van der Waals surface area contributed by atoms with Crippen LogP contribution >= 0.6 is 11.6 Å². The SMILES string of the molecule is COc1ccc(C(OCC(CCn2cnc3c(N)nc(Cl)nc32)OC)(c2ccccc2)c2ccccc2)cc1. The first-order valence-electron chi connectivity index (χ1n) is 12.6. The zero-order valence-corrected chi connectivity index (χ0v) is 22.6. The summed E-state index contributed by atoms with van der Waals surface area (Å²) in [5.41, 5.74) is 9.22. The maximum atomic E-state index is 6.95. The minimum atomic E-state index is -0.873. The van der Waals surface area contributed by atoms with Gasteiger partial charge in [-0.15, -0.1) is 0 Å². The maximum absolute atomic E-state index is 6.95. The number of nitrogens with two attached hydrogens (primary N) is 1. The van der Waals surface area contributed by atoms with Crippen LogP contribution < -0.4 is 10.5 Å². The molecule has 0 saturated carbocycles. The molecule has 2 aromatic heterocycles. The Morgan fingerprint density at radius 2 is 1.49 bits per heavy atom. The molecule has 0 radical (unpaired) electrons. The third kappa shape index (κ3) is 5.45. The van der Waals surface area contributed by atoms with Crippen molar-refractivity contribution in [2.24, 2.45) is 0 Å². The minimum absolute atomic E-state index is 0.0865. The van der Waals surface area contributed by atoms with Gasteiger partial charge in [-0.25, -0.2) is 4.98 Å². The second-order valence-corrected chi connectivity index (χ2v) is 9.43. The highest BCUT2D eigenvalue weighted by atomic mass is 35.5. The molecule has 1 atom stereocenters. The molecule has 0 amide bonds. The molecule has 8 nitrogen and oxygen atoms in total. The first-order chi connectivity index (χ1) is 19.0. The van der Waals surface area contributed by atoms with Crippen LogP contribution in [0.15, 0.2) is 91.3 Å². The number of aryl methyl sites for hydroxylation is 1. The molecule has 0 saturated heterocycles. The van der Waals surface area contributed by atoms with Crippen LogP contribution in [0.2, 0.25) is 5.28 Å². The van der Waals surface area contributed by atoms with Crippen molar-refractivity contribution in [2.45, 2.75) is 24.7 Å². The number of imidazole rings is 1. The van der Waals surface area contributed by atoms with Crippen molar-refractivity contribution in [3.05, 3.63) is 113 Å². The van der Waals surface area contributed by atoms with Crippen LogP contribution in [0.25, 0.3) is 11.2 Å². The molecule has 1 unspecified atom stereocenters. The lowest BCUT2D eigenvalue weighted by Crippen LogP contribution is -2.36. The van der Waals surface area contributed by atoms with E-state index >= 15 is 0 Å². The third-order valence-corrected chi connectivity index (χ3v) is 7.00. The van der Waals surface area contributed by atoms with Gasteiger partial charge in [-0.1, -0.05) is 72.8 Å². The molecular formula is C30H30ClN5O3. The Bertz CT molecular complexity index is 1470. The quantitative estimate of drug-likeness (QED) is 0.174. The minimum Gasteiger partial charge on any atom is -0.497 e. The predicted molar refractivity (Wildman–Crippen MR) is 152 cm³/mol. The average molecular weight is 544 g/mol. The molecule has 0 fully saturated rings. The molecule has 0 aliphatic heterocycles. The number of hydrogen-bond acceptors (Lipinski definition) is 7. The second kappa shape index (κ2) is 11.8. The lowest BCUT2D eigenvalue weighted by atomic mass is 9.80. The zero-order valence-electron chi connectivity index (χ0n) is 21.8. The van der Waals surface area contributed by atoms with Gasteiger partial charge in [-0.05, 0) is 46.8 Å². The van der Waals surface area contributed by atoms with Gasteiger partial charge in [0.1, 0.15) is 16.9 Å². The Labute approximate surface area is 232 Å². The fourth-order valence-corrected chi connectivity index (χ4v) is 4.96. The van der Waals surface area contributed by atoms with E-state index in [1.807, 2.05) is 65.2 Å². The molecule has 39 heavy (non-hydrogen) atoms. The Hall–Kier alpha value is -3.98. The van der Waals surface area contributed by atoms with Crippen molar-refractivity contribution in [3.63, 3.8) is 0 Å². The van der Waals surface area contributed by atoms with Crippen molar-refractivity contribution < 1.29 is 14.2 Å². The van der Waals surface area contributed by atoms with Crippen molar-refractivity contribution in [1.29, 1.82) is 0 Å². The summed E-state index contributed by atoms with van der Waals surface area (Å²) in [4.78, 5) is 12.6. The lowest BCUT2D eigenvalue weighted by molar-refractivity contribution is -0.0548. The lowest BCUT2D eigenvalue weighted by Gasteiger charge is -2.37. The number of nitrogens with zero attached hydrogens (tertiary/aromatic N) is 4. The highest BCUT2D eigenvalue weighted by molar-refractivity contribution is 6.28. The molecule has 2 N–H and O–H groups in total. The molecule has 5 aromatic rings. The molecule has 3 aromatic carbocycles. The molecular weight excluding hydrogens is 514 g/mol. The number of hydrogen-bond donors (Lipinski definition) is 1. The number of benzene rings is 3.